The van der Waals surface area contributed by atoms with E-state index in [9.17, 15) is 0 Å². The lowest BCUT2D eigenvalue weighted by molar-refractivity contribution is 0.0592. The Kier molecular flexibility index (Phi) is 4.28. The molecule has 3 heterocycles. The number of imidazole rings is 1. The van der Waals surface area contributed by atoms with Crippen LogP contribution in [0.25, 0.3) is 11.2 Å². The summed E-state index contributed by atoms with van der Waals surface area (Å²) in [4.78, 5) is 9.27. The maximum Gasteiger partial charge on any atom is 0.160 e. The van der Waals surface area contributed by atoms with Crippen LogP contribution in [-0.4, -0.2) is 41.5 Å². The van der Waals surface area contributed by atoms with Gasteiger partial charge in [-0.25, -0.2) is 9.97 Å². The number of aryl methyl sites for hydroxylation is 1. The second kappa shape index (κ2) is 6.33. The lowest BCUT2D eigenvalue weighted by Gasteiger charge is -2.25. The Bertz CT molecular complexity index is 561. The Morgan fingerprint density at radius 1 is 1.50 bits per heavy atom. The Labute approximate surface area is 118 Å². The number of rotatable bonds is 5. The Balaban J connectivity index is 1.94. The summed E-state index contributed by atoms with van der Waals surface area (Å²) in [6.45, 7) is 2.40. The van der Waals surface area contributed by atoms with Crippen molar-refractivity contribution >= 4 is 11.2 Å². The fourth-order valence-electron chi connectivity index (χ4n) is 2.84. The molecule has 3 rings (SSSR count). The van der Waals surface area contributed by atoms with Gasteiger partial charge in [-0.2, -0.15) is 0 Å². The molecule has 1 atom stereocenters. The molecule has 1 unspecified atom stereocenters. The number of hydrogen-bond acceptors (Lipinski definition) is 4. The molecular formula is C15H21N3O2. The van der Waals surface area contributed by atoms with Crippen molar-refractivity contribution < 1.29 is 9.47 Å². The van der Waals surface area contributed by atoms with E-state index in [2.05, 4.69) is 9.55 Å². The molecule has 0 aromatic carbocycles. The largest absolute Gasteiger partial charge is 0.385 e. The van der Waals surface area contributed by atoms with Crippen molar-refractivity contribution in [2.75, 3.05) is 26.9 Å². The first-order chi connectivity index (χ1) is 9.90. The fourth-order valence-corrected chi connectivity index (χ4v) is 2.84. The van der Waals surface area contributed by atoms with Gasteiger partial charge in [-0.1, -0.05) is 0 Å². The Hall–Kier alpha value is -1.46. The zero-order valence-electron chi connectivity index (χ0n) is 11.9. The molecule has 5 heteroatoms. The van der Waals surface area contributed by atoms with Crippen LogP contribution in [0.5, 0.6) is 0 Å². The summed E-state index contributed by atoms with van der Waals surface area (Å²) >= 11 is 0. The van der Waals surface area contributed by atoms with E-state index in [-0.39, 0.29) is 0 Å². The topological polar surface area (TPSA) is 49.2 Å². The molecule has 1 fully saturated rings. The molecule has 1 saturated heterocycles. The number of pyridine rings is 1. The van der Waals surface area contributed by atoms with E-state index in [0.29, 0.717) is 6.04 Å². The molecule has 0 radical (unpaired) electrons. The van der Waals surface area contributed by atoms with Crippen molar-refractivity contribution in [2.45, 2.75) is 31.7 Å². The van der Waals surface area contributed by atoms with E-state index >= 15 is 0 Å². The normalized spacial score (nSPS) is 19.6. The van der Waals surface area contributed by atoms with Crippen LogP contribution in [0.2, 0.25) is 0 Å². The maximum absolute atomic E-state index is 5.63. The number of fused-ring (bicyclic) bond motifs is 1. The lowest BCUT2D eigenvalue weighted by atomic mass is 10.1. The number of aromatic nitrogens is 3. The zero-order chi connectivity index (χ0) is 13.8. The average Bonchev–Trinajstić information content (AvgIpc) is 2.86. The summed E-state index contributed by atoms with van der Waals surface area (Å²) in [5.74, 6) is 1.10. The minimum atomic E-state index is 0.362. The number of hydrogen-bond donors (Lipinski definition) is 0. The van der Waals surface area contributed by atoms with Gasteiger partial charge in [0.2, 0.25) is 0 Å². The predicted molar refractivity (Wildman–Crippen MR) is 76.8 cm³/mol. The van der Waals surface area contributed by atoms with Gasteiger partial charge in [0.15, 0.2) is 5.65 Å². The standard InChI is InChI=1S/C15H21N3O2/c1-19-9-4-7-14-17-13-6-2-8-16-15(13)18(14)12-5-3-10-20-11-12/h2,6,8,12H,3-5,7,9-11H2,1H3. The molecule has 5 nitrogen and oxygen atoms in total. The van der Waals surface area contributed by atoms with Gasteiger partial charge in [-0.15, -0.1) is 0 Å². The monoisotopic (exact) mass is 275 g/mol. The van der Waals surface area contributed by atoms with E-state index in [0.717, 1.165) is 62.5 Å². The Morgan fingerprint density at radius 3 is 3.25 bits per heavy atom. The SMILES string of the molecule is COCCCc1nc2cccnc2n1C1CCCOC1. The van der Waals surface area contributed by atoms with Crippen molar-refractivity contribution in [1.82, 2.24) is 14.5 Å². The first kappa shape index (κ1) is 13.5. The van der Waals surface area contributed by atoms with Crippen LogP contribution in [0.1, 0.15) is 31.1 Å². The van der Waals surface area contributed by atoms with Gasteiger partial charge in [0.25, 0.3) is 0 Å². The van der Waals surface area contributed by atoms with Crippen molar-refractivity contribution in [3.8, 4) is 0 Å². The van der Waals surface area contributed by atoms with E-state index in [4.69, 9.17) is 14.5 Å². The van der Waals surface area contributed by atoms with Crippen LogP contribution in [-0.2, 0) is 15.9 Å². The molecule has 108 valence electrons. The van der Waals surface area contributed by atoms with Gasteiger partial charge in [-0.05, 0) is 31.4 Å². The second-order valence-corrected chi connectivity index (χ2v) is 5.21. The highest BCUT2D eigenvalue weighted by molar-refractivity contribution is 5.71. The Morgan fingerprint density at radius 2 is 2.45 bits per heavy atom. The first-order valence-corrected chi connectivity index (χ1v) is 7.28. The smallest absolute Gasteiger partial charge is 0.160 e. The highest BCUT2D eigenvalue weighted by Gasteiger charge is 2.22. The van der Waals surface area contributed by atoms with Crippen molar-refractivity contribution in [3.63, 3.8) is 0 Å². The van der Waals surface area contributed by atoms with E-state index in [1.807, 2.05) is 18.3 Å². The lowest BCUT2D eigenvalue weighted by Crippen LogP contribution is -2.23. The zero-order valence-corrected chi connectivity index (χ0v) is 11.9. The summed E-state index contributed by atoms with van der Waals surface area (Å²) < 4.78 is 13.1. The van der Waals surface area contributed by atoms with Gasteiger partial charge in [0.05, 0.1) is 12.6 Å². The van der Waals surface area contributed by atoms with Crippen LogP contribution >= 0.6 is 0 Å². The molecule has 20 heavy (non-hydrogen) atoms. The van der Waals surface area contributed by atoms with Gasteiger partial charge in [0, 0.05) is 32.9 Å². The maximum atomic E-state index is 5.63. The highest BCUT2D eigenvalue weighted by atomic mass is 16.5. The minimum absolute atomic E-state index is 0.362. The van der Waals surface area contributed by atoms with Crippen LogP contribution in [0.4, 0.5) is 0 Å². The van der Waals surface area contributed by atoms with Crippen LogP contribution < -0.4 is 0 Å². The quantitative estimate of drug-likeness (QED) is 0.786. The van der Waals surface area contributed by atoms with Crippen molar-refractivity contribution in [3.05, 3.63) is 24.2 Å². The minimum Gasteiger partial charge on any atom is -0.385 e. The van der Waals surface area contributed by atoms with Gasteiger partial charge in [0.1, 0.15) is 11.3 Å². The van der Waals surface area contributed by atoms with Crippen molar-refractivity contribution in [1.29, 1.82) is 0 Å². The molecule has 0 spiro atoms. The molecular weight excluding hydrogens is 254 g/mol. The highest BCUT2D eigenvalue weighted by Crippen LogP contribution is 2.26. The van der Waals surface area contributed by atoms with Gasteiger partial charge < -0.3 is 14.0 Å². The average molecular weight is 275 g/mol. The molecule has 2 aromatic rings. The summed E-state index contributed by atoms with van der Waals surface area (Å²) in [5.41, 5.74) is 1.96. The second-order valence-electron chi connectivity index (χ2n) is 5.21. The first-order valence-electron chi connectivity index (χ1n) is 7.28. The van der Waals surface area contributed by atoms with Crippen LogP contribution in [0, 0.1) is 0 Å². The third-order valence-electron chi connectivity index (χ3n) is 3.77. The summed E-state index contributed by atoms with van der Waals surface area (Å²) in [6.07, 6.45) is 5.98. The molecule has 0 aliphatic carbocycles. The molecule has 0 N–H and O–H groups in total. The summed E-state index contributed by atoms with van der Waals surface area (Å²) in [5, 5.41) is 0. The third-order valence-corrected chi connectivity index (χ3v) is 3.77. The van der Waals surface area contributed by atoms with E-state index in [1.54, 1.807) is 7.11 Å². The van der Waals surface area contributed by atoms with Gasteiger partial charge in [-0.3, -0.25) is 0 Å². The number of ether oxygens (including phenoxy) is 2. The fraction of sp³-hybridized carbons (Fsp3) is 0.600. The van der Waals surface area contributed by atoms with E-state index in [1.165, 1.54) is 0 Å². The van der Waals surface area contributed by atoms with Gasteiger partial charge >= 0.3 is 0 Å². The van der Waals surface area contributed by atoms with Crippen LogP contribution in [0.15, 0.2) is 18.3 Å². The summed E-state index contributed by atoms with van der Waals surface area (Å²) in [6, 6.07) is 4.33. The number of nitrogens with zero attached hydrogens (tertiary/aromatic N) is 3. The molecule has 0 bridgehead atoms. The summed E-state index contributed by atoms with van der Waals surface area (Å²) in [7, 11) is 1.74. The molecule has 0 amide bonds. The van der Waals surface area contributed by atoms with Crippen molar-refractivity contribution in [2.24, 2.45) is 0 Å². The van der Waals surface area contributed by atoms with E-state index < -0.39 is 0 Å². The molecule has 2 aromatic heterocycles. The van der Waals surface area contributed by atoms with Crippen LogP contribution in [0.3, 0.4) is 0 Å². The third kappa shape index (κ3) is 2.69. The molecule has 1 aliphatic heterocycles. The molecule has 1 aliphatic rings. The predicted octanol–water partition coefficient (Wildman–Crippen LogP) is 2.36. The molecule has 0 saturated carbocycles. The number of methoxy groups -OCH3 is 1.